The van der Waals surface area contributed by atoms with Gasteiger partial charge in [-0.1, -0.05) is 17.7 Å². The van der Waals surface area contributed by atoms with E-state index in [-0.39, 0.29) is 5.97 Å². The number of hydrogen-bond donors (Lipinski definition) is 0. The minimum Gasteiger partial charge on any atom is -0.457 e. The average molecular weight is 278 g/mol. The molecule has 0 aromatic carbocycles. The van der Waals surface area contributed by atoms with Gasteiger partial charge in [-0.15, -0.1) is 11.3 Å². The van der Waals surface area contributed by atoms with E-state index in [0.717, 1.165) is 16.0 Å². The smallest absolute Gasteiger partial charge is 0.339 e. The van der Waals surface area contributed by atoms with Gasteiger partial charge >= 0.3 is 5.97 Å². The Kier molecular flexibility index (Phi) is 2.89. The first-order valence-corrected chi connectivity index (χ1v) is 6.51. The fraction of sp³-hybridized carbons (Fsp3) is 0.0769. The lowest BCUT2D eigenvalue weighted by molar-refractivity contribution is -0.133. The molecule has 0 radical (unpaired) electrons. The number of carbonyl (C=O) groups is 1. The van der Waals surface area contributed by atoms with Crippen LogP contribution in [0.4, 0.5) is 0 Å². The number of ether oxygens (including phenoxy) is 1. The number of aromatic nitrogens is 1. The Morgan fingerprint density at radius 3 is 2.89 bits per heavy atom. The van der Waals surface area contributed by atoms with Crippen LogP contribution in [0.2, 0.25) is 4.34 Å². The largest absolute Gasteiger partial charge is 0.457 e. The van der Waals surface area contributed by atoms with Crippen LogP contribution in [0.1, 0.15) is 10.4 Å². The van der Waals surface area contributed by atoms with Crippen LogP contribution >= 0.6 is 22.9 Å². The van der Waals surface area contributed by atoms with E-state index in [1.807, 2.05) is 18.2 Å². The molecule has 0 unspecified atom stereocenters. The number of pyridine rings is 1. The molecule has 0 amide bonds. The Bertz CT molecular complexity index is 633. The molecule has 5 heteroatoms. The molecule has 0 saturated carbocycles. The van der Waals surface area contributed by atoms with Crippen LogP contribution in [0.5, 0.6) is 0 Å². The highest BCUT2D eigenvalue weighted by atomic mass is 35.5. The summed E-state index contributed by atoms with van der Waals surface area (Å²) >= 11 is 7.37. The van der Waals surface area contributed by atoms with Crippen molar-refractivity contribution in [2.45, 2.75) is 0 Å². The highest BCUT2D eigenvalue weighted by Gasteiger charge is 2.28. The molecule has 90 valence electrons. The normalized spacial score (nSPS) is 15.1. The third-order valence-corrected chi connectivity index (χ3v) is 3.97. The summed E-state index contributed by atoms with van der Waals surface area (Å²) in [5, 5.41) is 0. The van der Waals surface area contributed by atoms with Crippen molar-refractivity contribution in [3.05, 3.63) is 51.4 Å². The summed E-state index contributed by atoms with van der Waals surface area (Å²) in [4.78, 5) is 16.8. The molecule has 0 aliphatic carbocycles. The summed E-state index contributed by atoms with van der Waals surface area (Å²) in [6.07, 6.45) is 3.34. The molecule has 3 heterocycles. The third kappa shape index (κ3) is 1.94. The number of hydrogen-bond acceptors (Lipinski definition) is 4. The Morgan fingerprint density at radius 1 is 1.33 bits per heavy atom. The minimum atomic E-state index is -0.303. The van der Waals surface area contributed by atoms with Gasteiger partial charge in [-0.3, -0.25) is 4.98 Å². The van der Waals surface area contributed by atoms with Crippen LogP contribution in [-0.2, 0) is 9.53 Å². The molecule has 3 rings (SSSR count). The van der Waals surface area contributed by atoms with Gasteiger partial charge in [0.2, 0.25) is 0 Å². The van der Waals surface area contributed by atoms with E-state index in [2.05, 4.69) is 4.98 Å². The Morgan fingerprint density at radius 2 is 2.22 bits per heavy atom. The molecule has 18 heavy (non-hydrogen) atoms. The SMILES string of the molecule is O=C1OCC(c2ccc(Cl)s2)=C1c1cccnc1. The first-order valence-electron chi connectivity index (χ1n) is 5.32. The van der Waals surface area contributed by atoms with Crippen molar-refractivity contribution in [1.82, 2.24) is 4.98 Å². The molecule has 2 aromatic rings. The molecule has 1 aliphatic heterocycles. The molecule has 2 aromatic heterocycles. The molecule has 0 atom stereocenters. The van der Waals surface area contributed by atoms with Gasteiger partial charge in [-0.25, -0.2) is 4.79 Å². The summed E-state index contributed by atoms with van der Waals surface area (Å²) in [5.74, 6) is -0.303. The van der Waals surface area contributed by atoms with Gasteiger partial charge in [0.05, 0.1) is 9.91 Å². The number of cyclic esters (lactones) is 1. The fourth-order valence-corrected chi connectivity index (χ4v) is 2.96. The second kappa shape index (κ2) is 4.55. The quantitative estimate of drug-likeness (QED) is 0.791. The maximum atomic E-state index is 11.8. The summed E-state index contributed by atoms with van der Waals surface area (Å²) in [6, 6.07) is 7.37. The van der Waals surface area contributed by atoms with E-state index in [1.54, 1.807) is 18.5 Å². The molecule has 3 nitrogen and oxygen atoms in total. The molecule has 1 aliphatic rings. The van der Waals surface area contributed by atoms with Crippen LogP contribution in [0.15, 0.2) is 36.7 Å². The summed E-state index contributed by atoms with van der Waals surface area (Å²) < 4.78 is 5.82. The van der Waals surface area contributed by atoms with Gasteiger partial charge in [-0.05, 0) is 18.2 Å². The molecule has 0 spiro atoms. The molecular weight excluding hydrogens is 270 g/mol. The van der Waals surface area contributed by atoms with Crippen molar-refractivity contribution in [3.63, 3.8) is 0 Å². The zero-order chi connectivity index (χ0) is 12.5. The monoisotopic (exact) mass is 277 g/mol. The second-order valence-electron chi connectivity index (χ2n) is 3.78. The molecule has 0 saturated heterocycles. The standard InChI is InChI=1S/C13H8ClNO2S/c14-11-4-3-10(18-11)9-7-17-13(16)12(9)8-2-1-5-15-6-8/h1-6H,7H2. The van der Waals surface area contributed by atoms with Gasteiger partial charge in [0.1, 0.15) is 6.61 Å². The second-order valence-corrected chi connectivity index (χ2v) is 5.49. The predicted molar refractivity (Wildman–Crippen MR) is 71.3 cm³/mol. The third-order valence-electron chi connectivity index (χ3n) is 2.67. The van der Waals surface area contributed by atoms with E-state index in [4.69, 9.17) is 16.3 Å². The van der Waals surface area contributed by atoms with E-state index in [0.29, 0.717) is 16.5 Å². The topological polar surface area (TPSA) is 39.2 Å². The zero-order valence-corrected chi connectivity index (χ0v) is 10.8. The van der Waals surface area contributed by atoms with Crippen molar-refractivity contribution >= 4 is 40.1 Å². The molecule has 0 bridgehead atoms. The Labute approximate surface area is 113 Å². The lowest BCUT2D eigenvalue weighted by Crippen LogP contribution is -1.98. The lowest BCUT2D eigenvalue weighted by atomic mass is 10.0. The fourth-order valence-electron chi connectivity index (χ4n) is 1.88. The van der Waals surface area contributed by atoms with Crippen LogP contribution in [0.3, 0.4) is 0 Å². The van der Waals surface area contributed by atoms with Crippen molar-refractivity contribution in [3.8, 4) is 0 Å². The van der Waals surface area contributed by atoms with Crippen molar-refractivity contribution in [2.75, 3.05) is 6.61 Å². The summed E-state index contributed by atoms with van der Waals surface area (Å²) in [5.41, 5.74) is 2.24. The van der Waals surface area contributed by atoms with E-state index < -0.39 is 0 Å². The molecule has 0 N–H and O–H groups in total. The number of carbonyl (C=O) groups excluding carboxylic acids is 1. The van der Waals surface area contributed by atoms with Crippen LogP contribution < -0.4 is 0 Å². The molecular formula is C13H8ClNO2S. The number of halogens is 1. The number of nitrogens with zero attached hydrogens (tertiary/aromatic N) is 1. The first kappa shape index (κ1) is 11.4. The first-order chi connectivity index (χ1) is 8.75. The van der Waals surface area contributed by atoms with Gasteiger partial charge in [0.25, 0.3) is 0 Å². The highest BCUT2D eigenvalue weighted by Crippen LogP contribution is 2.36. The minimum absolute atomic E-state index is 0.292. The van der Waals surface area contributed by atoms with E-state index in [9.17, 15) is 4.79 Å². The predicted octanol–water partition coefficient (Wildman–Crippen LogP) is 3.26. The van der Waals surface area contributed by atoms with E-state index in [1.165, 1.54) is 11.3 Å². The Hall–Kier alpha value is -1.65. The maximum Gasteiger partial charge on any atom is 0.339 e. The van der Waals surface area contributed by atoms with Gasteiger partial charge in [0, 0.05) is 28.4 Å². The van der Waals surface area contributed by atoms with Crippen molar-refractivity contribution in [2.24, 2.45) is 0 Å². The number of rotatable bonds is 2. The summed E-state index contributed by atoms with van der Waals surface area (Å²) in [7, 11) is 0. The van der Waals surface area contributed by atoms with Gasteiger partial charge < -0.3 is 4.74 Å². The number of thiophene rings is 1. The zero-order valence-electron chi connectivity index (χ0n) is 9.22. The van der Waals surface area contributed by atoms with Crippen LogP contribution in [0, 0.1) is 0 Å². The van der Waals surface area contributed by atoms with Gasteiger partial charge in [0.15, 0.2) is 0 Å². The van der Waals surface area contributed by atoms with Crippen LogP contribution in [-0.4, -0.2) is 17.6 Å². The van der Waals surface area contributed by atoms with Crippen molar-refractivity contribution in [1.29, 1.82) is 0 Å². The van der Waals surface area contributed by atoms with Crippen LogP contribution in [0.25, 0.3) is 11.1 Å². The average Bonchev–Trinajstić information content (AvgIpc) is 2.96. The number of esters is 1. The van der Waals surface area contributed by atoms with E-state index >= 15 is 0 Å². The lowest BCUT2D eigenvalue weighted by Gasteiger charge is -2.00. The molecule has 0 fully saturated rings. The summed E-state index contributed by atoms with van der Waals surface area (Å²) in [6.45, 7) is 0.292. The maximum absolute atomic E-state index is 11.8. The Balaban J connectivity index is 2.15. The highest BCUT2D eigenvalue weighted by molar-refractivity contribution is 7.17. The van der Waals surface area contributed by atoms with Crippen molar-refractivity contribution < 1.29 is 9.53 Å². The van der Waals surface area contributed by atoms with Gasteiger partial charge in [-0.2, -0.15) is 0 Å².